The van der Waals surface area contributed by atoms with E-state index in [2.05, 4.69) is 22.1 Å². The molecule has 1 amide bonds. The minimum Gasteiger partial charge on any atom is -0.481 e. The molecule has 0 bridgehead atoms. The molecular formula is C27H33N5O4. The van der Waals surface area contributed by atoms with E-state index in [1.807, 2.05) is 24.8 Å². The Bertz CT molecular complexity index is 1250. The maximum absolute atomic E-state index is 12.8. The lowest BCUT2D eigenvalue weighted by Gasteiger charge is -2.34. The Kier molecular flexibility index (Phi) is 6.18. The summed E-state index contributed by atoms with van der Waals surface area (Å²) < 4.78 is 6.23. The van der Waals surface area contributed by atoms with Crippen molar-refractivity contribution in [2.75, 3.05) is 17.2 Å². The van der Waals surface area contributed by atoms with Crippen molar-refractivity contribution in [3.63, 3.8) is 0 Å². The largest absolute Gasteiger partial charge is 0.481 e. The summed E-state index contributed by atoms with van der Waals surface area (Å²) in [5, 5.41) is 9.17. The molecule has 0 atom stereocenters. The zero-order valence-electron chi connectivity index (χ0n) is 21.1. The summed E-state index contributed by atoms with van der Waals surface area (Å²) in [6.45, 7) is 6.35. The maximum atomic E-state index is 12.8. The van der Waals surface area contributed by atoms with Crippen molar-refractivity contribution in [2.24, 2.45) is 10.9 Å². The fourth-order valence-electron chi connectivity index (χ4n) is 5.78. The number of nitrogens with two attached hydrogens (primary N) is 1. The first-order valence-corrected chi connectivity index (χ1v) is 12.7. The van der Waals surface area contributed by atoms with Crippen molar-refractivity contribution < 1.29 is 19.4 Å². The molecule has 2 aromatic rings. The fourth-order valence-corrected chi connectivity index (χ4v) is 5.78. The molecule has 36 heavy (non-hydrogen) atoms. The van der Waals surface area contributed by atoms with Gasteiger partial charge in [0.1, 0.15) is 11.4 Å². The standard InChI is InChI=1S/C27H33N5O4/c1-15-29-25(28)23-26(30-15)36-27(2,3)24(31-23)18-10-11-19(20(14-18)32-12-4-5-21(32)33)17-8-6-16(7-9-17)13-22(34)35/h10-11,14,16-17H,4-9,12-13H2,1-3H3,(H,34,35)(H2,28,29,30). The average Bonchev–Trinajstić information content (AvgIpc) is 3.23. The molecule has 1 saturated carbocycles. The first-order valence-electron chi connectivity index (χ1n) is 12.7. The number of nitrogen functional groups attached to an aromatic ring is 1. The van der Waals surface area contributed by atoms with Crippen LogP contribution in [-0.2, 0) is 9.59 Å². The van der Waals surface area contributed by atoms with Gasteiger partial charge in [-0.15, -0.1) is 0 Å². The van der Waals surface area contributed by atoms with Crippen LogP contribution in [0.15, 0.2) is 23.2 Å². The number of carboxylic acid groups (broad SMARTS) is 1. The van der Waals surface area contributed by atoms with E-state index in [0.717, 1.165) is 48.9 Å². The summed E-state index contributed by atoms with van der Waals surface area (Å²) in [7, 11) is 0. The number of anilines is 2. The fraction of sp³-hybridized carbons (Fsp3) is 0.519. The molecule has 1 aromatic carbocycles. The van der Waals surface area contributed by atoms with E-state index in [1.165, 1.54) is 0 Å². The third kappa shape index (κ3) is 4.54. The van der Waals surface area contributed by atoms with Crippen LogP contribution in [0.1, 0.15) is 81.7 Å². The quantitative estimate of drug-likeness (QED) is 0.628. The van der Waals surface area contributed by atoms with Gasteiger partial charge in [0.05, 0.1) is 5.71 Å². The molecule has 3 aliphatic rings. The number of rotatable bonds is 5. The number of aryl methyl sites for hydroxylation is 1. The van der Waals surface area contributed by atoms with E-state index in [4.69, 9.17) is 15.5 Å². The number of nitrogens with zero attached hydrogens (tertiary/aromatic N) is 4. The van der Waals surface area contributed by atoms with Crippen LogP contribution in [0.3, 0.4) is 0 Å². The van der Waals surface area contributed by atoms with Gasteiger partial charge in [0.25, 0.3) is 0 Å². The first-order chi connectivity index (χ1) is 17.1. The number of aliphatic carboxylic acids is 1. The van der Waals surface area contributed by atoms with Gasteiger partial charge in [-0.3, -0.25) is 9.59 Å². The lowest BCUT2D eigenvalue weighted by Crippen LogP contribution is -2.41. The number of fused-ring (bicyclic) bond motifs is 1. The predicted octanol–water partition coefficient (Wildman–Crippen LogP) is 4.53. The Hall–Kier alpha value is -3.49. The first kappa shape index (κ1) is 24.2. The SMILES string of the molecule is Cc1nc(N)c2c(n1)OC(C)(C)C(c1ccc(C3CCC(CC(=O)O)CC3)c(N3CCCC3=O)c1)=N2. The molecule has 2 aliphatic heterocycles. The minimum atomic E-state index is -0.761. The highest BCUT2D eigenvalue weighted by molar-refractivity contribution is 6.10. The van der Waals surface area contributed by atoms with Gasteiger partial charge >= 0.3 is 5.97 Å². The number of carbonyl (C=O) groups excluding carboxylic acids is 1. The summed E-state index contributed by atoms with van der Waals surface area (Å²) in [6.07, 6.45) is 5.22. The van der Waals surface area contributed by atoms with Crippen LogP contribution in [0.4, 0.5) is 17.2 Å². The number of aliphatic imine (C=N–C) groups is 1. The van der Waals surface area contributed by atoms with Gasteiger partial charge in [-0.25, -0.2) is 9.98 Å². The zero-order valence-corrected chi connectivity index (χ0v) is 21.1. The van der Waals surface area contributed by atoms with Gasteiger partial charge in [0.15, 0.2) is 11.5 Å². The van der Waals surface area contributed by atoms with Gasteiger partial charge in [0, 0.05) is 30.6 Å². The van der Waals surface area contributed by atoms with E-state index < -0.39 is 11.6 Å². The third-order valence-corrected chi connectivity index (χ3v) is 7.55. The van der Waals surface area contributed by atoms with Gasteiger partial charge in [0.2, 0.25) is 11.8 Å². The molecule has 0 radical (unpaired) electrons. The molecule has 1 aromatic heterocycles. The van der Waals surface area contributed by atoms with E-state index in [-0.39, 0.29) is 30.0 Å². The molecule has 1 saturated heterocycles. The second-order valence-corrected chi connectivity index (χ2v) is 10.6. The van der Waals surface area contributed by atoms with Crippen LogP contribution >= 0.6 is 0 Å². The van der Waals surface area contributed by atoms with Crippen molar-refractivity contribution in [1.82, 2.24) is 9.97 Å². The lowest BCUT2D eigenvalue weighted by atomic mass is 9.76. The lowest BCUT2D eigenvalue weighted by molar-refractivity contribution is -0.138. The van der Waals surface area contributed by atoms with Crippen LogP contribution in [0.25, 0.3) is 0 Å². The number of hydrogen-bond donors (Lipinski definition) is 2. The third-order valence-electron chi connectivity index (χ3n) is 7.55. The Morgan fingerprint density at radius 1 is 1.22 bits per heavy atom. The predicted molar refractivity (Wildman–Crippen MR) is 137 cm³/mol. The van der Waals surface area contributed by atoms with Crippen molar-refractivity contribution in [1.29, 1.82) is 0 Å². The van der Waals surface area contributed by atoms with Crippen molar-refractivity contribution in [3.05, 3.63) is 35.2 Å². The highest BCUT2D eigenvalue weighted by Gasteiger charge is 2.37. The zero-order chi connectivity index (χ0) is 25.6. The van der Waals surface area contributed by atoms with Gasteiger partial charge in [-0.05, 0) is 76.3 Å². The maximum Gasteiger partial charge on any atom is 0.303 e. The van der Waals surface area contributed by atoms with Crippen molar-refractivity contribution in [2.45, 2.75) is 77.2 Å². The summed E-state index contributed by atoms with van der Waals surface area (Å²) in [4.78, 5) is 39.3. The molecule has 9 heteroatoms. The molecule has 2 fully saturated rings. The van der Waals surface area contributed by atoms with Crippen LogP contribution in [0, 0.1) is 12.8 Å². The molecule has 0 spiro atoms. The Morgan fingerprint density at radius 3 is 2.64 bits per heavy atom. The second kappa shape index (κ2) is 9.19. The normalized spacial score (nSPS) is 23.1. The molecular weight excluding hydrogens is 458 g/mol. The Labute approximate surface area is 210 Å². The molecule has 1 aliphatic carbocycles. The number of benzene rings is 1. The van der Waals surface area contributed by atoms with Gasteiger partial charge in [-0.2, -0.15) is 4.98 Å². The van der Waals surface area contributed by atoms with Gasteiger partial charge < -0.3 is 20.5 Å². The smallest absolute Gasteiger partial charge is 0.303 e. The Morgan fingerprint density at radius 2 is 1.97 bits per heavy atom. The number of carboxylic acids is 1. The topological polar surface area (TPSA) is 131 Å². The van der Waals surface area contributed by atoms with E-state index in [9.17, 15) is 14.7 Å². The molecule has 190 valence electrons. The van der Waals surface area contributed by atoms with E-state index >= 15 is 0 Å². The molecule has 3 heterocycles. The van der Waals surface area contributed by atoms with Crippen molar-refractivity contribution >= 4 is 34.8 Å². The summed E-state index contributed by atoms with van der Waals surface area (Å²) >= 11 is 0. The average molecular weight is 492 g/mol. The number of ether oxygens (including phenoxy) is 1. The van der Waals surface area contributed by atoms with Crippen LogP contribution < -0.4 is 15.4 Å². The number of aromatic nitrogens is 2. The van der Waals surface area contributed by atoms with Crippen molar-refractivity contribution in [3.8, 4) is 5.88 Å². The second-order valence-electron chi connectivity index (χ2n) is 10.6. The highest BCUT2D eigenvalue weighted by Crippen LogP contribution is 2.44. The molecule has 3 N–H and O–H groups in total. The summed E-state index contributed by atoms with van der Waals surface area (Å²) in [5.74, 6) is 1.09. The van der Waals surface area contributed by atoms with Gasteiger partial charge in [-0.1, -0.05) is 12.1 Å². The summed E-state index contributed by atoms with van der Waals surface area (Å²) in [5.41, 5.74) is 9.46. The molecule has 5 rings (SSSR count). The van der Waals surface area contributed by atoms with Crippen LogP contribution in [0.5, 0.6) is 5.88 Å². The Balaban J connectivity index is 1.53. The molecule has 0 unspecified atom stereocenters. The highest BCUT2D eigenvalue weighted by atomic mass is 16.5. The number of carbonyl (C=O) groups is 2. The monoisotopic (exact) mass is 491 g/mol. The van der Waals surface area contributed by atoms with Crippen LogP contribution in [-0.4, -0.2) is 44.8 Å². The number of amides is 1. The van der Waals surface area contributed by atoms with E-state index in [1.54, 1.807) is 6.92 Å². The molecule has 9 nitrogen and oxygen atoms in total. The number of hydrogen-bond acceptors (Lipinski definition) is 7. The van der Waals surface area contributed by atoms with E-state index in [0.29, 0.717) is 36.1 Å². The van der Waals surface area contributed by atoms with Crippen LogP contribution in [0.2, 0.25) is 0 Å². The minimum absolute atomic E-state index is 0.132. The summed E-state index contributed by atoms with van der Waals surface area (Å²) in [6, 6.07) is 6.21.